The number of benzene rings is 2. The largest absolute Gasteiger partial charge is 0.433 e. The summed E-state index contributed by atoms with van der Waals surface area (Å²) in [5.74, 6) is -0.853. The second kappa shape index (κ2) is 8.85. The number of carbonyl (C=O) groups excluding carboxylic acids is 1. The van der Waals surface area contributed by atoms with Crippen molar-refractivity contribution in [1.82, 2.24) is 10.3 Å². The van der Waals surface area contributed by atoms with Gasteiger partial charge in [-0.05, 0) is 48.0 Å². The van der Waals surface area contributed by atoms with Gasteiger partial charge in [-0.3, -0.25) is 9.78 Å². The predicted molar refractivity (Wildman–Crippen MR) is 104 cm³/mol. The zero-order chi connectivity index (χ0) is 24.4. The van der Waals surface area contributed by atoms with E-state index in [9.17, 15) is 39.6 Å². The van der Waals surface area contributed by atoms with Crippen molar-refractivity contribution < 1.29 is 39.6 Å². The molecule has 0 radical (unpaired) electrons. The van der Waals surface area contributed by atoms with Crippen LogP contribution in [0.2, 0.25) is 0 Å². The topological polar surface area (TPSA) is 76.1 Å². The van der Waals surface area contributed by atoms with Crippen molar-refractivity contribution in [3.8, 4) is 0 Å². The lowest BCUT2D eigenvalue weighted by molar-refractivity contribution is -0.141. The number of alkyl halides is 6. The first-order chi connectivity index (χ1) is 15.3. The highest BCUT2D eigenvalue weighted by Crippen LogP contribution is 2.32. The Labute approximate surface area is 184 Å². The van der Waals surface area contributed by atoms with E-state index in [4.69, 9.17) is 0 Å². The van der Waals surface area contributed by atoms with Gasteiger partial charge in [0.2, 0.25) is 9.84 Å². The van der Waals surface area contributed by atoms with E-state index in [1.807, 2.05) is 0 Å². The molecule has 0 bridgehead atoms. The van der Waals surface area contributed by atoms with E-state index in [1.165, 1.54) is 18.2 Å². The van der Waals surface area contributed by atoms with Crippen LogP contribution in [0.3, 0.4) is 0 Å². The van der Waals surface area contributed by atoms with Crippen molar-refractivity contribution in [1.29, 1.82) is 0 Å². The quantitative estimate of drug-likeness (QED) is 0.520. The highest BCUT2D eigenvalue weighted by Gasteiger charge is 2.33. The molecule has 174 valence electrons. The predicted octanol–water partition coefficient (Wildman–Crippen LogP) is 4.88. The van der Waals surface area contributed by atoms with Crippen LogP contribution >= 0.6 is 0 Å². The van der Waals surface area contributed by atoms with Gasteiger partial charge in [-0.1, -0.05) is 18.2 Å². The number of rotatable bonds is 5. The van der Waals surface area contributed by atoms with Crippen LogP contribution < -0.4 is 5.32 Å². The Hall–Kier alpha value is -3.41. The lowest BCUT2D eigenvalue weighted by Gasteiger charge is -2.11. The van der Waals surface area contributed by atoms with Gasteiger partial charge in [0, 0.05) is 18.3 Å². The average molecular weight is 488 g/mol. The van der Waals surface area contributed by atoms with E-state index < -0.39 is 44.2 Å². The van der Waals surface area contributed by atoms with E-state index in [0.717, 1.165) is 36.5 Å². The van der Waals surface area contributed by atoms with Crippen molar-refractivity contribution in [2.75, 3.05) is 0 Å². The summed E-state index contributed by atoms with van der Waals surface area (Å²) in [5, 5.41) is 2.36. The Balaban J connectivity index is 1.80. The highest BCUT2D eigenvalue weighted by atomic mass is 32.2. The third-order valence-corrected chi connectivity index (χ3v) is 6.20. The molecular formula is C21H14F6N2O3S. The number of pyridine rings is 1. The lowest BCUT2D eigenvalue weighted by atomic mass is 10.2. The van der Waals surface area contributed by atoms with Gasteiger partial charge < -0.3 is 5.32 Å². The third-order valence-electron chi connectivity index (χ3n) is 4.45. The Morgan fingerprint density at radius 2 is 1.48 bits per heavy atom. The number of hydrogen-bond acceptors (Lipinski definition) is 4. The normalized spacial score (nSPS) is 12.4. The highest BCUT2D eigenvalue weighted by molar-refractivity contribution is 7.91. The maximum absolute atomic E-state index is 12.9. The lowest BCUT2D eigenvalue weighted by Crippen LogP contribution is -2.23. The van der Waals surface area contributed by atoms with Gasteiger partial charge in [-0.25, -0.2) is 8.42 Å². The maximum atomic E-state index is 12.9. The number of carbonyl (C=O) groups is 1. The molecule has 0 aliphatic carbocycles. The van der Waals surface area contributed by atoms with E-state index in [1.54, 1.807) is 0 Å². The van der Waals surface area contributed by atoms with Gasteiger partial charge in [0.1, 0.15) is 5.69 Å². The number of nitrogens with one attached hydrogen (secondary N) is 1. The van der Waals surface area contributed by atoms with Crippen molar-refractivity contribution in [2.24, 2.45) is 0 Å². The zero-order valence-electron chi connectivity index (χ0n) is 16.4. The fourth-order valence-corrected chi connectivity index (χ4v) is 4.19. The molecule has 0 atom stereocenters. The van der Waals surface area contributed by atoms with Crippen LogP contribution in [0, 0.1) is 0 Å². The second-order valence-corrected chi connectivity index (χ2v) is 8.74. The van der Waals surface area contributed by atoms with Gasteiger partial charge in [0.15, 0.2) is 0 Å². The summed E-state index contributed by atoms with van der Waals surface area (Å²) in [7, 11) is -4.30. The van der Waals surface area contributed by atoms with Crippen molar-refractivity contribution in [3.05, 3.63) is 89.2 Å². The van der Waals surface area contributed by atoms with Crippen LogP contribution in [0.5, 0.6) is 0 Å². The molecule has 3 aromatic rings. The van der Waals surface area contributed by atoms with Crippen LogP contribution in [0.25, 0.3) is 0 Å². The standard InChI is InChI=1S/C21H14F6N2O3S/c22-20(23,24)15-4-2-6-17(11-15)33(31,32)16-5-1-3-13(9-16)12-29-19(30)14-7-8-28-18(10-14)21(25,26)27/h1-11H,12H2,(H,29,30). The van der Waals surface area contributed by atoms with Crippen LogP contribution in [0.1, 0.15) is 27.2 Å². The summed E-state index contributed by atoms with van der Waals surface area (Å²) in [6.07, 6.45) is -8.63. The van der Waals surface area contributed by atoms with Crippen molar-refractivity contribution in [2.45, 2.75) is 28.7 Å². The van der Waals surface area contributed by atoms with Gasteiger partial charge >= 0.3 is 12.4 Å². The monoisotopic (exact) mass is 488 g/mol. The number of sulfone groups is 1. The van der Waals surface area contributed by atoms with Crippen LogP contribution in [0.15, 0.2) is 76.7 Å². The van der Waals surface area contributed by atoms with Crippen LogP contribution in [-0.2, 0) is 28.7 Å². The molecule has 2 aromatic carbocycles. The Kier molecular flexibility index (Phi) is 6.50. The Morgan fingerprint density at radius 1 is 0.848 bits per heavy atom. The van der Waals surface area contributed by atoms with Gasteiger partial charge in [0.05, 0.1) is 15.4 Å². The number of halogens is 6. The number of nitrogens with zero attached hydrogens (tertiary/aromatic N) is 1. The van der Waals surface area contributed by atoms with Crippen LogP contribution in [-0.4, -0.2) is 19.3 Å². The minimum atomic E-state index is -4.73. The molecule has 12 heteroatoms. The van der Waals surface area contributed by atoms with Crippen molar-refractivity contribution >= 4 is 15.7 Å². The second-order valence-electron chi connectivity index (χ2n) is 6.79. The molecule has 1 N–H and O–H groups in total. The first-order valence-electron chi connectivity index (χ1n) is 9.11. The summed E-state index contributed by atoms with van der Waals surface area (Å²) >= 11 is 0. The Bertz CT molecular complexity index is 1290. The summed E-state index contributed by atoms with van der Waals surface area (Å²) in [4.78, 5) is 14.5. The summed E-state index contributed by atoms with van der Waals surface area (Å²) in [6, 6.07) is 10.0. The van der Waals surface area contributed by atoms with E-state index >= 15 is 0 Å². The van der Waals surface area contributed by atoms with Crippen LogP contribution in [0.4, 0.5) is 26.3 Å². The van der Waals surface area contributed by atoms with Gasteiger partial charge in [-0.2, -0.15) is 26.3 Å². The smallest absolute Gasteiger partial charge is 0.348 e. The molecule has 33 heavy (non-hydrogen) atoms. The molecule has 0 unspecified atom stereocenters. The molecule has 0 spiro atoms. The fraction of sp³-hybridized carbons (Fsp3) is 0.143. The van der Waals surface area contributed by atoms with E-state index in [0.29, 0.717) is 12.1 Å². The van der Waals surface area contributed by atoms with Crippen molar-refractivity contribution in [3.63, 3.8) is 0 Å². The Morgan fingerprint density at radius 3 is 2.12 bits per heavy atom. The molecule has 1 heterocycles. The fourth-order valence-electron chi connectivity index (χ4n) is 2.81. The summed E-state index contributed by atoms with van der Waals surface area (Å²) < 4.78 is 103. The molecule has 1 amide bonds. The van der Waals surface area contributed by atoms with E-state index in [2.05, 4.69) is 10.3 Å². The molecular weight excluding hydrogens is 474 g/mol. The first-order valence-corrected chi connectivity index (χ1v) is 10.6. The van der Waals surface area contributed by atoms with E-state index in [-0.39, 0.29) is 22.6 Å². The SMILES string of the molecule is O=C(NCc1cccc(S(=O)(=O)c2cccc(C(F)(F)F)c2)c1)c1ccnc(C(F)(F)F)c1. The molecule has 0 aliphatic heterocycles. The number of hydrogen-bond donors (Lipinski definition) is 1. The number of amides is 1. The minimum absolute atomic E-state index is 0.242. The minimum Gasteiger partial charge on any atom is -0.348 e. The summed E-state index contributed by atoms with van der Waals surface area (Å²) in [5.41, 5.74) is -2.40. The molecule has 5 nitrogen and oxygen atoms in total. The molecule has 1 aromatic heterocycles. The molecule has 0 saturated heterocycles. The first kappa shape index (κ1) is 24.2. The van der Waals surface area contributed by atoms with Gasteiger partial charge in [-0.15, -0.1) is 0 Å². The molecule has 0 fully saturated rings. The zero-order valence-corrected chi connectivity index (χ0v) is 17.2. The third kappa shape index (κ3) is 5.69. The molecule has 3 rings (SSSR count). The number of aromatic nitrogens is 1. The molecule has 0 aliphatic rings. The molecule has 0 saturated carbocycles. The maximum Gasteiger partial charge on any atom is 0.433 e. The van der Waals surface area contributed by atoms with Gasteiger partial charge in [0.25, 0.3) is 5.91 Å². The summed E-state index contributed by atoms with van der Waals surface area (Å²) in [6.45, 7) is -0.242. The average Bonchev–Trinajstić information content (AvgIpc) is 2.76.